The molecule has 0 aromatic heterocycles. The van der Waals surface area contributed by atoms with Gasteiger partial charge in [-0.2, -0.15) is 0 Å². The van der Waals surface area contributed by atoms with Gasteiger partial charge in [0.2, 0.25) is 5.91 Å². The van der Waals surface area contributed by atoms with Gasteiger partial charge in [-0.3, -0.25) is 9.69 Å². The van der Waals surface area contributed by atoms with Crippen LogP contribution in [0.15, 0.2) is 0 Å². The molecule has 0 aliphatic carbocycles. The molecule has 0 saturated carbocycles. The average Bonchev–Trinajstić information content (AvgIpc) is 2.91. The van der Waals surface area contributed by atoms with E-state index in [1.54, 1.807) is 0 Å². The van der Waals surface area contributed by atoms with E-state index in [0.29, 0.717) is 19.6 Å². The molecule has 100 valence electrons. The van der Waals surface area contributed by atoms with Gasteiger partial charge >= 0.3 is 6.03 Å². The van der Waals surface area contributed by atoms with E-state index in [4.69, 9.17) is 5.73 Å². The van der Waals surface area contributed by atoms with Crippen LogP contribution < -0.4 is 5.73 Å². The highest BCUT2D eigenvalue weighted by molar-refractivity contribution is 5.92. The monoisotopic (exact) mass is 252 g/mol. The van der Waals surface area contributed by atoms with Crippen LogP contribution in [0.3, 0.4) is 0 Å². The van der Waals surface area contributed by atoms with Gasteiger partial charge in [0.25, 0.3) is 0 Å². The van der Waals surface area contributed by atoms with Crippen molar-refractivity contribution in [1.29, 1.82) is 0 Å². The molecule has 0 aromatic rings. The average molecular weight is 252 g/mol. The molecular formula is C12H20N4O2. The molecule has 3 fully saturated rings. The zero-order valence-electron chi connectivity index (χ0n) is 11.1. The first kappa shape index (κ1) is 11.8. The Balaban J connectivity index is 1.93. The van der Waals surface area contributed by atoms with E-state index < -0.39 is 5.54 Å². The Kier molecular flexibility index (Phi) is 2.07. The van der Waals surface area contributed by atoms with Crippen LogP contribution >= 0.6 is 0 Å². The van der Waals surface area contributed by atoms with E-state index in [2.05, 4.69) is 4.90 Å². The lowest BCUT2D eigenvalue weighted by molar-refractivity contribution is -0.123. The number of urea groups is 1. The normalized spacial score (nSPS) is 38.5. The van der Waals surface area contributed by atoms with Crippen LogP contribution in [-0.2, 0) is 4.79 Å². The number of fused-ring (bicyclic) bond motifs is 3. The number of piperazine rings is 1. The number of nitrogens with zero attached hydrogens (tertiary/aromatic N) is 3. The molecule has 3 unspecified atom stereocenters. The minimum atomic E-state index is -0.589. The quantitative estimate of drug-likeness (QED) is 0.636. The molecule has 3 saturated heterocycles. The van der Waals surface area contributed by atoms with E-state index in [1.165, 1.54) is 0 Å². The zero-order chi connectivity index (χ0) is 13.3. The Labute approximate surface area is 107 Å². The second-order valence-corrected chi connectivity index (χ2v) is 6.48. The van der Waals surface area contributed by atoms with Crippen LogP contribution in [0.5, 0.6) is 0 Å². The molecule has 0 radical (unpaired) electrons. The van der Waals surface area contributed by atoms with Crippen molar-refractivity contribution >= 4 is 11.9 Å². The third-order valence-electron chi connectivity index (χ3n) is 4.50. The van der Waals surface area contributed by atoms with Crippen LogP contribution in [0, 0.1) is 0 Å². The highest BCUT2D eigenvalue weighted by Gasteiger charge is 2.69. The van der Waals surface area contributed by atoms with Gasteiger partial charge in [0.15, 0.2) is 0 Å². The lowest BCUT2D eigenvalue weighted by atomic mass is 9.96. The van der Waals surface area contributed by atoms with Gasteiger partial charge in [-0.05, 0) is 20.8 Å². The van der Waals surface area contributed by atoms with Crippen LogP contribution in [0.25, 0.3) is 0 Å². The lowest BCUT2D eigenvalue weighted by Crippen LogP contribution is -2.58. The van der Waals surface area contributed by atoms with Crippen LogP contribution in [-0.4, -0.2) is 69.9 Å². The Morgan fingerprint density at radius 1 is 1.39 bits per heavy atom. The number of carbonyl (C=O) groups is 2. The van der Waals surface area contributed by atoms with E-state index in [1.807, 2.05) is 30.6 Å². The molecule has 3 rings (SSSR count). The van der Waals surface area contributed by atoms with Gasteiger partial charge in [-0.15, -0.1) is 0 Å². The highest BCUT2D eigenvalue weighted by Crippen LogP contribution is 2.44. The summed E-state index contributed by atoms with van der Waals surface area (Å²) in [5.74, 6) is -0.291. The fraction of sp³-hybridized carbons (Fsp3) is 0.833. The Hall–Kier alpha value is -1.30. The maximum atomic E-state index is 12.4. The maximum absolute atomic E-state index is 12.4. The van der Waals surface area contributed by atoms with Gasteiger partial charge in [0.1, 0.15) is 5.54 Å². The molecule has 3 aliphatic rings. The Bertz CT molecular complexity index is 430. The third kappa shape index (κ3) is 1.27. The molecule has 6 nitrogen and oxygen atoms in total. The minimum Gasteiger partial charge on any atom is -0.368 e. The maximum Gasteiger partial charge on any atom is 0.320 e. The van der Waals surface area contributed by atoms with Crippen molar-refractivity contribution in [3.05, 3.63) is 0 Å². The first-order valence-corrected chi connectivity index (χ1v) is 6.41. The number of primary amides is 1. The second kappa shape index (κ2) is 3.17. The molecule has 2 N–H and O–H groups in total. The Morgan fingerprint density at radius 2 is 2.06 bits per heavy atom. The van der Waals surface area contributed by atoms with Crippen molar-refractivity contribution in [1.82, 2.24) is 14.7 Å². The fourth-order valence-corrected chi connectivity index (χ4v) is 3.34. The smallest absolute Gasteiger partial charge is 0.320 e. The molecule has 6 heteroatoms. The Morgan fingerprint density at radius 3 is 2.61 bits per heavy atom. The molecule has 0 spiro atoms. The summed E-state index contributed by atoms with van der Waals surface area (Å²) < 4.78 is 0. The summed E-state index contributed by atoms with van der Waals surface area (Å²) in [5, 5.41) is 0. The van der Waals surface area contributed by atoms with Gasteiger partial charge in [-0.1, -0.05) is 0 Å². The van der Waals surface area contributed by atoms with Gasteiger partial charge in [0, 0.05) is 31.7 Å². The topological polar surface area (TPSA) is 69.7 Å². The van der Waals surface area contributed by atoms with Gasteiger partial charge in [0.05, 0.1) is 6.04 Å². The highest BCUT2D eigenvalue weighted by atomic mass is 16.2. The summed E-state index contributed by atoms with van der Waals surface area (Å²) in [4.78, 5) is 29.9. The summed E-state index contributed by atoms with van der Waals surface area (Å²) in [7, 11) is 0. The summed E-state index contributed by atoms with van der Waals surface area (Å²) in [6.07, 6.45) is 0. The largest absolute Gasteiger partial charge is 0.368 e. The predicted molar refractivity (Wildman–Crippen MR) is 65.8 cm³/mol. The summed E-state index contributed by atoms with van der Waals surface area (Å²) in [6.45, 7) is 8.81. The lowest BCUT2D eigenvalue weighted by Gasteiger charge is -2.33. The second-order valence-electron chi connectivity index (χ2n) is 6.48. The molecular weight excluding hydrogens is 232 g/mol. The van der Waals surface area contributed by atoms with Crippen molar-refractivity contribution in [2.45, 2.75) is 37.9 Å². The molecule has 3 amide bonds. The van der Waals surface area contributed by atoms with E-state index in [0.717, 1.165) is 6.54 Å². The van der Waals surface area contributed by atoms with Crippen LogP contribution in [0.4, 0.5) is 4.79 Å². The zero-order valence-corrected chi connectivity index (χ0v) is 11.1. The minimum absolute atomic E-state index is 0.0414. The first-order chi connectivity index (χ1) is 8.28. The molecule has 0 aromatic carbocycles. The van der Waals surface area contributed by atoms with Crippen molar-refractivity contribution < 1.29 is 9.59 Å². The molecule has 3 atom stereocenters. The van der Waals surface area contributed by atoms with E-state index in [9.17, 15) is 9.59 Å². The summed E-state index contributed by atoms with van der Waals surface area (Å²) >= 11 is 0. The third-order valence-corrected chi connectivity index (χ3v) is 4.50. The van der Waals surface area contributed by atoms with E-state index >= 15 is 0 Å². The van der Waals surface area contributed by atoms with Crippen molar-refractivity contribution in [3.8, 4) is 0 Å². The molecule has 3 aliphatic heterocycles. The number of nitrogens with two attached hydrogens (primary N) is 1. The molecule has 3 heterocycles. The van der Waals surface area contributed by atoms with Crippen LogP contribution in [0.2, 0.25) is 0 Å². The summed E-state index contributed by atoms with van der Waals surface area (Å²) in [5.41, 5.74) is 4.76. The molecule has 0 bridgehead atoms. The van der Waals surface area contributed by atoms with Crippen molar-refractivity contribution in [2.24, 2.45) is 5.73 Å². The predicted octanol–water partition coefficient (Wildman–Crippen LogP) is -0.556. The van der Waals surface area contributed by atoms with Crippen LogP contribution in [0.1, 0.15) is 20.8 Å². The fourth-order valence-electron chi connectivity index (χ4n) is 3.34. The number of carbonyl (C=O) groups excluding carboxylic acids is 2. The standard InChI is InChI=1S/C12H20N4O2/c1-11(2,3)16-6-8-12(9(13)17)7-14(12)4-5-15(8)10(16)18/h8H,4-7H2,1-3H3,(H2,13,17). The molecule has 18 heavy (non-hydrogen) atoms. The number of rotatable bonds is 1. The number of hydrogen-bond acceptors (Lipinski definition) is 3. The number of amides is 3. The van der Waals surface area contributed by atoms with Gasteiger partial charge < -0.3 is 15.5 Å². The van der Waals surface area contributed by atoms with E-state index in [-0.39, 0.29) is 23.5 Å². The van der Waals surface area contributed by atoms with Crippen molar-refractivity contribution in [2.75, 3.05) is 26.2 Å². The van der Waals surface area contributed by atoms with Crippen molar-refractivity contribution in [3.63, 3.8) is 0 Å². The SMILES string of the molecule is CC(C)(C)N1CC2N(CCN3CC23C(N)=O)C1=O. The first-order valence-electron chi connectivity index (χ1n) is 6.41. The number of hydrogen-bond donors (Lipinski definition) is 1. The summed E-state index contributed by atoms with van der Waals surface area (Å²) in [6, 6.07) is -0.0323. The van der Waals surface area contributed by atoms with Gasteiger partial charge in [-0.25, -0.2) is 4.79 Å².